The first-order chi connectivity index (χ1) is 9.58. The summed E-state index contributed by atoms with van der Waals surface area (Å²) in [5.41, 5.74) is 0. The molecule has 2 aliphatic rings. The number of amides is 1. The predicted molar refractivity (Wildman–Crippen MR) is 76.9 cm³/mol. The lowest BCUT2D eigenvalue weighted by atomic mass is 10.0. The second-order valence-corrected chi connectivity index (χ2v) is 7.10. The first-order valence-corrected chi connectivity index (χ1v) is 7.99. The SMILES string of the molecule is Cc1ccc(C2CC2C(=O)N2CCCCC2C(=O)O)s1. The highest BCUT2D eigenvalue weighted by atomic mass is 32.1. The summed E-state index contributed by atoms with van der Waals surface area (Å²) < 4.78 is 0. The maximum Gasteiger partial charge on any atom is 0.326 e. The first-order valence-electron chi connectivity index (χ1n) is 7.17. The van der Waals surface area contributed by atoms with Gasteiger partial charge >= 0.3 is 5.97 Å². The van der Waals surface area contributed by atoms with Gasteiger partial charge in [0.1, 0.15) is 6.04 Å². The van der Waals surface area contributed by atoms with Gasteiger partial charge in [-0.2, -0.15) is 0 Å². The van der Waals surface area contributed by atoms with Gasteiger partial charge in [0, 0.05) is 28.1 Å². The van der Waals surface area contributed by atoms with Gasteiger partial charge in [0.15, 0.2) is 0 Å². The quantitative estimate of drug-likeness (QED) is 0.932. The minimum atomic E-state index is -0.859. The van der Waals surface area contributed by atoms with E-state index in [1.165, 1.54) is 9.75 Å². The monoisotopic (exact) mass is 293 g/mol. The normalized spacial score (nSPS) is 29.2. The standard InChI is InChI=1S/C15H19NO3S/c1-9-5-6-13(20-9)10-8-11(10)14(17)16-7-3-2-4-12(16)15(18)19/h5-6,10-12H,2-4,7-8H2,1H3,(H,18,19). The summed E-state index contributed by atoms with van der Waals surface area (Å²) in [6.07, 6.45) is 3.29. The Kier molecular flexibility index (Phi) is 3.54. The highest BCUT2D eigenvalue weighted by Crippen LogP contribution is 2.51. The molecule has 2 heterocycles. The molecule has 3 rings (SSSR count). The summed E-state index contributed by atoms with van der Waals surface area (Å²) in [5.74, 6) is -0.485. The number of carboxylic acid groups (broad SMARTS) is 1. The van der Waals surface area contributed by atoms with Crippen molar-refractivity contribution in [2.24, 2.45) is 5.92 Å². The van der Waals surface area contributed by atoms with Crippen LogP contribution in [0, 0.1) is 12.8 Å². The van der Waals surface area contributed by atoms with Crippen molar-refractivity contribution in [2.45, 2.75) is 44.6 Å². The summed E-state index contributed by atoms with van der Waals surface area (Å²) in [6, 6.07) is 3.58. The van der Waals surface area contributed by atoms with Crippen molar-refractivity contribution in [1.82, 2.24) is 4.90 Å². The van der Waals surface area contributed by atoms with Gasteiger partial charge in [-0.3, -0.25) is 4.79 Å². The molecule has 3 atom stereocenters. The summed E-state index contributed by atoms with van der Waals surface area (Å²) in [4.78, 5) is 27.9. The smallest absolute Gasteiger partial charge is 0.326 e. The van der Waals surface area contributed by atoms with Crippen LogP contribution in [-0.4, -0.2) is 34.5 Å². The van der Waals surface area contributed by atoms with Gasteiger partial charge in [0.25, 0.3) is 0 Å². The fraction of sp³-hybridized carbons (Fsp3) is 0.600. The molecule has 4 nitrogen and oxygen atoms in total. The number of aliphatic carboxylic acids is 1. The Balaban J connectivity index is 1.69. The molecule has 0 bridgehead atoms. The fourth-order valence-corrected chi connectivity index (χ4v) is 4.16. The number of thiophene rings is 1. The second kappa shape index (κ2) is 5.20. The molecule has 0 spiro atoms. The fourth-order valence-electron chi connectivity index (χ4n) is 3.10. The lowest BCUT2D eigenvalue weighted by Crippen LogP contribution is -2.48. The minimum absolute atomic E-state index is 0.00741. The summed E-state index contributed by atoms with van der Waals surface area (Å²) in [5, 5.41) is 9.25. The maximum atomic E-state index is 12.5. The van der Waals surface area contributed by atoms with Crippen LogP contribution in [0.5, 0.6) is 0 Å². The topological polar surface area (TPSA) is 57.6 Å². The zero-order chi connectivity index (χ0) is 14.3. The molecule has 0 radical (unpaired) electrons. The van der Waals surface area contributed by atoms with Crippen molar-refractivity contribution in [3.63, 3.8) is 0 Å². The Labute approximate surface area is 122 Å². The molecule has 2 fully saturated rings. The van der Waals surface area contributed by atoms with E-state index < -0.39 is 12.0 Å². The average Bonchev–Trinajstić information content (AvgIpc) is 3.13. The molecule has 0 aromatic carbocycles. The third-order valence-corrected chi connectivity index (χ3v) is 5.44. The Morgan fingerprint density at radius 3 is 2.80 bits per heavy atom. The van der Waals surface area contributed by atoms with E-state index in [2.05, 4.69) is 19.1 Å². The Bertz CT molecular complexity index is 539. The predicted octanol–water partition coefficient (Wildman–Crippen LogP) is 2.63. The third kappa shape index (κ3) is 2.46. The Morgan fingerprint density at radius 1 is 1.35 bits per heavy atom. The van der Waals surface area contributed by atoms with Gasteiger partial charge in [-0.15, -0.1) is 11.3 Å². The van der Waals surface area contributed by atoms with Crippen molar-refractivity contribution in [3.05, 3.63) is 21.9 Å². The van der Waals surface area contributed by atoms with E-state index in [-0.39, 0.29) is 11.8 Å². The van der Waals surface area contributed by atoms with E-state index in [9.17, 15) is 14.7 Å². The van der Waals surface area contributed by atoms with Crippen LogP contribution in [-0.2, 0) is 9.59 Å². The van der Waals surface area contributed by atoms with E-state index >= 15 is 0 Å². The van der Waals surface area contributed by atoms with Crippen molar-refractivity contribution < 1.29 is 14.7 Å². The largest absolute Gasteiger partial charge is 0.480 e. The summed E-state index contributed by atoms with van der Waals surface area (Å²) in [6.45, 7) is 2.67. The van der Waals surface area contributed by atoms with E-state index in [0.29, 0.717) is 18.9 Å². The van der Waals surface area contributed by atoms with E-state index in [1.807, 2.05) is 0 Å². The molecular weight excluding hydrogens is 274 g/mol. The summed E-state index contributed by atoms with van der Waals surface area (Å²) in [7, 11) is 0. The van der Waals surface area contributed by atoms with E-state index in [1.54, 1.807) is 16.2 Å². The van der Waals surface area contributed by atoms with Gasteiger partial charge in [-0.05, 0) is 44.7 Å². The van der Waals surface area contributed by atoms with Crippen LogP contribution >= 0.6 is 11.3 Å². The van der Waals surface area contributed by atoms with Crippen molar-refractivity contribution >= 4 is 23.2 Å². The number of nitrogens with zero attached hydrogens (tertiary/aromatic N) is 1. The van der Waals surface area contributed by atoms with Gasteiger partial charge < -0.3 is 10.0 Å². The molecule has 1 aliphatic heterocycles. The van der Waals surface area contributed by atoms with Crippen LogP contribution in [0.25, 0.3) is 0 Å². The first kappa shape index (κ1) is 13.6. The Hall–Kier alpha value is -1.36. The molecular formula is C15H19NO3S. The molecule has 1 aromatic rings. The van der Waals surface area contributed by atoms with Crippen molar-refractivity contribution in [1.29, 1.82) is 0 Å². The number of carboxylic acids is 1. The number of carbonyl (C=O) groups is 2. The van der Waals surface area contributed by atoms with E-state index in [0.717, 1.165) is 19.3 Å². The molecule has 3 unspecified atom stereocenters. The highest BCUT2D eigenvalue weighted by molar-refractivity contribution is 7.12. The molecule has 1 saturated heterocycles. The number of hydrogen-bond acceptors (Lipinski definition) is 3. The van der Waals surface area contributed by atoms with Gasteiger partial charge in [0.05, 0.1) is 0 Å². The molecule has 108 valence electrons. The molecule has 1 aliphatic carbocycles. The van der Waals surface area contributed by atoms with Gasteiger partial charge in [-0.1, -0.05) is 0 Å². The molecule has 1 saturated carbocycles. The maximum absolute atomic E-state index is 12.5. The van der Waals surface area contributed by atoms with E-state index in [4.69, 9.17) is 0 Å². The zero-order valence-electron chi connectivity index (χ0n) is 11.5. The zero-order valence-corrected chi connectivity index (χ0v) is 12.4. The van der Waals surface area contributed by atoms with Crippen LogP contribution < -0.4 is 0 Å². The molecule has 20 heavy (non-hydrogen) atoms. The lowest BCUT2D eigenvalue weighted by Gasteiger charge is -2.33. The summed E-state index contributed by atoms with van der Waals surface area (Å²) >= 11 is 1.75. The minimum Gasteiger partial charge on any atom is -0.480 e. The average molecular weight is 293 g/mol. The number of carbonyl (C=O) groups excluding carboxylic acids is 1. The molecule has 1 amide bonds. The number of likely N-dealkylation sites (tertiary alicyclic amines) is 1. The number of rotatable bonds is 3. The van der Waals surface area contributed by atoms with Crippen molar-refractivity contribution in [3.8, 4) is 0 Å². The van der Waals surface area contributed by atoms with Crippen LogP contribution in [0.15, 0.2) is 12.1 Å². The van der Waals surface area contributed by atoms with Gasteiger partial charge in [0.2, 0.25) is 5.91 Å². The number of aryl methyl sites for hydroxylation is 1. The highest BCUT2D eigenvalue weighted by Gasteiger charge is 2.48. The Morgan fingerprint density at radius 2 is 2.15 bits per heavy atom. The van der Waals surface area contributed by atoms with Crippen molar-refractivity contribution in [2.75, 3.05) is 6.54 Å². The van der Waals surface area contributed by atoms with Crippen LogP contribution in [0.3, 0.4) is 0 Å². The molecule has 5 heteroatoms. The van der Waals surface area contributed by atoms with Crippen LogP contribution in [0.1, 0.15) is 41.4 Å². The number of piperidine rings is 1. The molecule has 1 N–H and O–H groups in total. The number of hydrogen-bond donors (Lipinski definition) is 1. The van der Waals surface area contributed by atoms with Crippen LogP contribution in [0.2, 0.25) is 0 Å². The van der Waals surface area contributed by atoms with Gasteiger partial charge in [-0.25, -0.2) is 4.79 Å². The molecule has 1 aromatic heterocycles. The lowest BCUT2D eigenvalue weighted by molar-refractivity contribution is -0.152. The second-order valence-electron chi connectivity index (χ2n) is 5.78. The third-order valence-electron chi connectivity index (χ3n) is 4.31. The van der Waals surface area contributed by atoms with Crippen LogP contribution in [0.4, 0.5) is 0 Å².